The number of benzene rings is 1. The van der Waals surface area contributed by atoms with Gasteiger partial charge in [-0.3, -0.25) is 9.59 Å². The van der Waals surface area contributed by atoms with Crippen molar-refractivity contribution in [3.8, 4) is 0 Å². The normalized spacial score (nSPS) is 17.8. The molecule has 2 amide bonds. The van der Waals surface area contributed by atoms with E-state index < -0.39 is 17.6 Å². The van der Waals surface area contributed by atoms with Gasteiger partial charge in [0.05, 0.1) is 0 Å². The van der Waals surface area contributed by atoms with Gasteiger partial charge in [0.2, 0.25) is 11.8 Å². The molecule has 120 valence electrons. The summed E-state index contributed by atoms with van der Waals surface area (Å²) in [6, 6.07) is 5.83. The average molecular weight is 304 g/mol. The Labute approximate surface area is 131 Å². The molecule has 1 fully saturated rings. The first-order valence-corrected chi connectivity index (χ1v) is 7.73. The summed E-state index contributed by atoms with van der Waals surface area (Å²) in [5.74, 6) is -0.699. The SMILES string of the molecule is Cc1cccc(C)c1NC(=O)C1(NC(=O)C(C)O)CCCC1. The summed E-state index contributed by atoms with van der Waals surface area (Å²) in [6.45, 7) is 5.29. The zero-order chi connectivity index (χ0) is 16.3. The van der Waals surface area contributed by atoms with Crippen LogP contribution in [0.4, 0.5) is 5.69 Å². The maximum absolute atomic E-state index is 12.8. The molecule has 1 aromatic rings. The van der Waals surface area contributed by atoms with E-state index >= 15 is 0 Å². The zero-order valence-electron chi connectivity index (χ0n) is 13.4. The fourth-order valence-electron chi connectivity index (χ4n) is 2.97. The largest absolute Gasteiger partial charge is 0.384 e. The Bertz CT molecular complexity index is 555. The molecular formula is C17H24N2O3. The number of aliphatic hydroxyl groups excluding tert-OH is 1. The molecule has 3 N–H and O–H groups in total. The quantitative estimate of drug-likeness (QED) is 0.796. The Kier molecular flexibility index (Phi) is 4.86. The number of aliphatic hydroxyl groups is 1. The lowest BCUT2D eigenvalue weighted by molar-refractivity contribution is -0.135. The van der Waals surface area contributed by atoms with Crippen LogP contribution in [0.3, 0.4) is 0 Å². The van der Waals surface area contributed by atoms with Crippen LogP contribution in [0.1, 0.15) is 43.7 Å². The molecule has 0 bridgehead atoms. The Morgan fingerprint density at radius 1 is 1.18 bits per heavy atom. The molecule has 2 rings (SSSR count). The first-order valence-electron chi connectivity index (χ1n) is 7.73. The monoisotopic (exact) mass is 304 g/mol. The van der Waals surface area contributed by atoms with Gasteiger partial charge >= 0.3 is 0 Å². The lowest BCUT2D eigenvalue weighted by atomic mass is 9.95. The van der Waals surface area contributed by atoms with Gasteiger partial charge in [-0.15, -0.1) is 0 Å². The van der Waals surface area contributed by atoms with Crippen molar-refractivity contribution in [2.24, 2.45) is 0 Å². The first kappa shape index (κ1) is 16.5. The van der Waals surface area contributed by atoms with Crippen LogP contribution < -0.4 is 10.6 Å². The van der Waals surface area contributed by atoms with Crippen molar-refractivity contribution in [1.29, 1.82) is 0 Å². The molecule has 1 saturated carbocycles. The molecule has 0 aromatic heterocycles. The van der Waals surface area contributed by atoms with Crippen molar-refractivity contribution in [2.75, 3.05) is 5.32 Å². The fraction of sp³-hybridized carbons (Fsp3) is 0.529. The molecule has 0 saturated heterocycles. The number of hydrogen-bond acceptors (Lipinski definition) is 3. The Balaban J connectivity index is 2.22. The molecule has 0 spiro atoms. The molecule has 1 atom stereocenters. The molecule has 1 aliphatic carbocycles. The third kappa shape index (κ3) is 3.30. The van der Waals surface area contributed by atoms with Gasteiger partial charge in [0, 0.05) is 5.69 Å². The van der Waals surface area contributed by atoms with Gasteiger partial charge in [-0.25, -0.2) is 0 Å². The van der Waals surface area contributed by atoms with E-state index in [-0.39, 0.29) is 5.91 Å². The van der Waals surface area contributed by atoms with Crippen molar-refractivity contribution in [2.45, 2.75) is 58.1 Å². The van der Waals surface area contributed by atoms with E-state index in [9.17, 15) is 14.7 Å². The van der Waals surface area contributed by atoms with Crippen molar-refractivity contribution < 1.29 is 14.7 Å². The van der Waals surface area contributed by atoms with Crippen LogP contribution in [0.15, 0.2) is 18.2 Å². The smallest absolute Gasteiger partial charge is 0.250 e. The van der Waals surface area contributed by atoms with Gasteiger partial charge in [-0.1, -0.05) is 31.0 Å². The highest BCUT2D eigenvalue weighted by atomic mass is 16.3. The number of aryl methyl sites for hydroxylation is 2. The molecule has 1 unspecified atom stereocenters. The number of anilines is 1. The molecular weight excluding hydrogens is 280 g/mol. The summed E-state index contributed by atoms with van der Waals surface area (Å²) in [7, 11) is 0. The van der Waals surface area contributed by atoms with E-state index in [1.807, 2.05) is 32.0 Å². The summed E-state index contributed by atoms with van der Waals surface area (Å²) in [5, 5.41) is 15.1. The van der Waals surface area contributed by atoms with E-state index in [0.717, 1.165) is 29.7 Å². The van der Waals surface area contributed by atoms with E-state index in [1.54, 1.807) is 0 Å². The second-order valence-electron chi connectivity index (χ2n) is 6.18. The number of rotatable bonds is 4. The fourth-order valence-corrected chi connectivity index (χ4v) is 2.97. The second-order valence-corrected chi connectivity index (χ2v) is 6.18. The van der Waals surface area contributed by atoms with Crippen LogP contribution in [-0.4, -0.2) is 28.6 Å². The van der Waals surface area contributed by atoms with Gasteiger partial charge < -0.3 is 15.7 Å². The zero-order valence-corrected chi connectivity index (χ0v) is 13.4. The van der Waals surface area contributed by atoms with E-state index in [2.05, 4.69) is 10.6 Å². The summed E-state index contributed by atoms with van der Waals surface area (Å²) in [5.41, 5.74) is 1.86. The summed E-state index contributed by atoms with van der Waals surface area (Å²) < 4.78 is 0. The van der Waals surface area contributed by atoms with Crippen LogP contribution in [0, 0.1) is 13.8 Å². The average Bonchev–Trinajstić information content (AvgIpc) is 2.92. The maximum Gasteiger partial charge on any atom is 0.250 e. The van der Waals surface area contributed by atoms with Crippen LogP contribution in [0.25, 0.3) is 0 Å². The minimum absolute atomic E-state index is 0.198. The molecule has 22 heavy (non-hydrogen) atoms. The molecule has 5 heteroatoms. The third-order valence-electron chi connectivity index (χ3n) is 4.35. The van der Waals surface area contributed by atoms with Gasteiger partial charge in [0.15, 0.2) is 0 Å². The van der Waals surface area contributed by atoms with E-state index in [4.69, 9.17) is 0 Å². The van der Waals surface area contributed by atoms with Gasteiger partial charge in [-0.2, -0.15) is 0 Å². The number of nitrogens with one attached hydrogen (secondary N) is 2. The van der Waals surface area contributed by atoms with Crippen molar-refractivity contribution >= 4 is 17.5 Å². The Morgan fingerprint density at radius 3 is 2.23 bits per heavy atom. The lowest BCUT2D eigenvalue weighted by Crippen LogP contribution is -2.57. The maximum atomic E-state index is 12.8. The van der Waals surface area contributed by atoms with Crippen LogP contribution >= 0.6 is 0 Å². The van der Waals surface area contributed by atoms with Crippen molar-refractivity contribution in [3.05, 3.63) is 29.3 Å². The standard InChI is InChI=1S/C17H24N2O3/c1-11-7-6-8-12(2)14(11)18-16(22)17(9-4-5-10-17)19-15(21)13(3)20/h6-8,13,20H,4-5,9-10H2,1-3H3,(H,18,22)(H,19,21). The summed E-state index contributed by atoms with van der Waals surface area (Å²) in [4.78, 5) is 24.6. The van der Waals surface area contributed by atoms with E-state index in [1.165, 1.54) is 6.92 Å². The highest BCUT2D eigenvalue weighted by molar-refractivity contribution is 6.02. The summed E-state index contributed by atoms with van der Waals surface area (Å²) >= 11 is 0. The third-order valence-corrected chi connectivity index (χ3v) is 4.35. The molecule has 0 radical (unpaired) electrons. The number of carbonyl (C=O) groups excluding carboxylic acids is 2. The number of hydrogen-bond donors (Lipinski definition) is 3. The highest BCUT2D eigenvalue weighted by Gasteiger charge is 2.43. The predicted molar refractivity (Wildman–Crippen MR) is 85.6 cm³/mol. The van der Waals surface area contributed by atoms with Gasteiger partial charge in [0.25, 0.3) is 0 Å². The number of carbonyl (C=O) groups is 2. The molecule has 0 heterocycles. The Morgan fingerprint density at radius 2 is 1.73 bits per heavy atom. The first-order chi connectivity index (χ1) is 10.4. The van der Waals surface area contributed by atoms with Gasteiger partial charge in [-0.05, 0) is 44.7 Å². The van der Waals surface area contributed by atoms with Gasteiger partial charge in [0.1, 0.15) is 11.6 Å². The van der Waals surface area contributed by atoms with E-state index in [0.29, 0.717) is 12.8 Å². The molecule has 0 aliphatic heterocycles. The molecule has 1 aromatic carbocycles. The minimum Gasteiger partial charge on any atom is -0.384 e. The predicted octanol–water partition coefficient (Wildman–Crippen LogP) is 2.05. The minimum atomic E-state index is -1.12. The topological polar surface area (TPSA) is 78.4 Å². The summed E-state index contributed by atoms with van der Waals surface area (Å²) in [6.07, 6.45) is 1.86. The number of amides is 2. The molecule has 5 nitrogen and oxygen atoms in total. The second kappa shape index (κ2) is 6.48. The Hall–Kier alpha value is -1.88. The van der Waals surface area contributed by atoms with Crippen molar-refractivity contribution in [1.82, 2.24) is 5.32 Å². The van der Waals surface area contributed by atoms with Crippen LogP contribution in [0.2, 0.25) is 0 Å². The molecule has 1 aliphatic rings. The lowest BCUT2D eigenvalue weighted by Gasteiger charge is -2.30. The highest BCUT2D eigenvalue weighted by Crippen LogP contribution is 2.32. The van der Waals surface area contributed by atoms with Crippen molar-refractivity contribution in [3.63, 3.8) is 0 Å². The van der Waals surface area contributed by atoms with Crippen LogP contribution in [0.5, 0.6) is 0 Å². The number of para-hydroxylation sites is 1. The van der Waals surface area contributed by atoms with Crippen LogP contribution in [-0.2, 0) is 9.59 Å².